The van der Waals surface area contributed by atoms with Gasteiger partial charge in [-0.05, 0) is 36.7 Å². The van der Waals surface area contributed by atoms with Gasteiger partial charge in [0.25, 0.3) is 0 Å². The van der Waals surface area contributed by atoms with Crippen molar-refractivity contribution in [2.24, 2.45) is 11.3 Å². The lowest BCUT2D eigenvalue weighted by Crippen LogP contribution is -2.30. The molecule has 2 fully saturated rings. The standard InChI is InChI=1S/C16H19NO3/c18-14(19)7-6-13(11-4-2-1-3-5-11)17-15(20)12-10-16(12)8-9-16/h1-5,12-13H,6-10H2,(H,17,20)(H,18,19). The predicted octanol–water partition coefficient (Wildman–Crippen LogP) is 2.51. The fraction of sp³-hybridized carbons (Fsp3) is 0.500. The van der Waals surface area contributed by atoms with Crippen LogP contribution in [-0.4, -0.2) is 17.0 Å². The Morgan fingerprint density at radius 2 is 2.00 bits per heavy atom. The number of carboxylic acid groups (broad SMARTS) is 1. The van der Waals surface area contributed by atoms with Crippen LogP contribution in [0.1, 0.15) is 43.7 Å². The molecule has 2 unspecified atom stereocenters. The molecule has 0 saturated heterocycles. The first-order valence-corrected chi connectivity index (χ1v) is 7.18. The SMILES string of the molecule is O=C(O)CCC(NC(=O)C1CC12CC2)c1ccccc1. The summed E-state index contributed by atoms with van der Waals surface area (Å²) < 4.78 is 0. The molecule has 0 heterocycles. The number of rotatable bonds is 6. The summed E-state index contributed by atoms with van der Waals surface area (Å²) >= 11 is 0. The fourth-order valence-corrected chi connectivity index (χ4v) is 2.98. The second kappa shape index (κ2) is 4.93. The van der Waals surface area contributed by atoms with Gasteiger partial charge >= 0.3 is 5.97 Å². The average Bonchev–Trinajstić information content (AvgIpc) is 3.36. The first-order valence-electron chi connectivity index (χ1n) is 7.18. The maximum Gasteiger partial charge on any atom is 0.303 e. The number of carboxylic acids is 1. The molecule has 1 spiro atoms. The predicted molar refractivity (Wildman–Crippen MR) is 74.0 cm³/mol. The normalized spacial score (nSPS) is 23.1. The highest BCUT2D eigenvalue weighted by Crippen LogP contribution is 2.70. The second-order valence-corrected chi connectivity index (χ2v) is 6.02. The highest BCUT2D eigenvalue weighted by molar-refractivity contribution is 5.83. The molecule has 4 nitrogen and oxygen atoms in total. The molecule has 0 aliphatic heterocycles. The molecule has 2 saturated carbocycles. The van der Waals surface area contributed by atoms with Crippen LogP contribution in [0.15, 0.2) is 30.3 Å². The monoisotopic (exact) mass is 273 g/mol. The van der Waals surface area contributed by atoms with E-state index in [1.165, 1.54) is 12.8 Å². The molecular weight excluding hydrogens is 254 g/mol. The van der Waals surface area contributed by atoms with E-state index in [9.17, 15) is 9.59 Å². The Kier molecular flexibility index (Phi) is 3.24. The van der Waals surface area contributed by atoms with Crippen molar-refractivity contribution in [2.45, 2.75) is 38.1 Å². The molecule has 2 N–H and O–H groups in total. The van der Waals surface area contributed by atoms with E-state index in [-0.39, 0.29) is 24.3 Å². The van der Waals surface area contributed by atoms with Gasteiger partial charge in [0.05, 0.1) is 6.04 Å². The van der Waals surface area contributed by atoms with Gasteiger partial charge in [-0.25, -0.2) is 0 Å². The number of benzene rings is 1. The van der Waals surface area contributed by atoms with Gasteiger partial charge in [-0.2, -0.15) is 0 Å². The van der Waals surface area contributed by atoms with Gasteiger partial charge in [0.2, 0.25) is 5.91 Å². The molecule has 2 atom stereocenters. The number of carbonyl (C=O) groups excluding carboxylic acids is 1. The summed E-state index contributed by atoms with van der Waals surface area (Å²) in [6.07, 6.45) is 3.87. The molecule has 3 rings (SSSR count). The maximum absolute atomic E-state index is 12.2. The third-order valence-corrected chi connectivity index (χ3v) is 4.56. The van der Waals surface area contributed by atoms with E-state index in [2.05, 4.69) is 5.32 Å². The van der Waals surface area contributed by atoms with Crippen molar-refractivity contribution in [3.8, 4) is 0 Å². The van der Waals surface area contributed by atoms with Gasteiger partial charge in [-0.3, -0.25) is 9.59 Å². The van der Waals surface area contributed by atoms with Gasteiger partial charge in [0.1, 0.15) is 0 Å². The molecule has 0 aromatic heterocycles. The average molecular weight is 273 g/mol. The van der Waals surface area contributed by atoms with E-state index in [1.807, 2.05) is 30.3 Å². The Balaban J connectivity index is 1.65. The fourth-order valence-electron chi connectivity index (χ4n) is 2.98. The van der Waals surface area contributed by atoms with Crippen molar-refractivity contribution < 1.29 is 14.7 Å². The van der Waals surface area contributed by atoms with Crippen LogP contribution in [0.4, 0.5) is 0 Å². The van der Waals surface area contributed by atoms with Crippen LogP contribution < -0.4 is 5.32 Å². The summed E-state index contributed by atoms with van der Waals surface area (Å²) in [7, 11) is 0. The van der Waals surface area contributed by atoms with Crippen molar-refractivity contribution >= 4 is 11.9 Å². The number of amides is 1. The molecule has 20 heavy (non-hydrogen) atoms. The zero-order chi connectivity index (χ0) is 14.2. The zero-order valence-corrected chi connectivity index (χ0v) is 11.3. The van der Waals surface area contributed by atoms with Crippen LogP contribution in [0, 0.1) is 11.3 Å². The minimum atomic E-state index is -0.828. The number of hydrogen-bond acceptors (Lipinski definition) is 2. The van der Waals surface area contributed by atoms with E-state index < -0.39 is 5.97 Å². The molecule has 0 radical (unpaired) electrons. The minimum Gasteiger partial charge on any atom is -0.481 e. The summed E-state index contributed by atoms with van der Waals surface area (Å²) in [6, 6.07) is 9.42. The minimum absolute atomic E-state index is 0.0651. The van der Waals surface area contributed by atoms with Crippen LogP contribution >= 0.6 is 0 Å². The van der Waals surface area contributed by atoms with Crippen molar-refractivity contribution in [1.29, 1.82) is 0 Å². The molecule has 1 amide bonds. The summed E-state index contributed by atoms with van der Waals surface area (Å²) in [5, 5.41) is 11.9. The van der Waals surface area contributed by atoms with Crippen molar-refractivity contribution in [3.05, 3.63) is 35.9 Å². The summed E-state index contributed by atoms with van der Waals surface area (Å²) in [4.78, 5) is 23.0. The van der Waals surface area contributed by atoms with E-state index in [0.29, 0.717) is 11.8 Å². The third-order valence-electron chi connectivity index (χ3n) is 4.56. The quantitative estimate of drug-likeness (QED) is 0.837. The van der Waals surface area contributed by atoms with E-state index >= 15 is 0 Å². The summed E-state index contributed by atoms with van der Waals surface area (Å²) in [5.74, 6) is -0.564. The Morgan fingerprint density at radius 1 is 1.30 bits per heavy atom. The number of nitrogens with one attached hydrogen (secondary N) is 1. The number of carbonyl (C=O) groups is 2. The molecule has 4 heteroatoms. The first-order chi connectivity index (χ1) is 9.61. The van der Waals surface area contributed by atoms with Gasteiger partial charge in [0, 0.05) is 12.3 Å². The Hall–Kier alpha value is -1.84. The van der Waals surface area contributed by atoms with E-state index in [4.69, 9.17) is 5.11 Å². The molecule has 1 aromatic carbocycles. The topological polar surface area (TPSA) is 66.4 Å². The Labute approximate surface area is 118 Å². The largest absolute Gasteiger partial charge is 0.481 e. The second-order valence-electron chi connectivity index (χ2n) is 6.02. The lowest BCUT2D eigenvalue weighted by Gasteiger charge is -2.18. The summed E-state index contributed by atoms with van der Waals surface area (Å²) in [6.45, 7) is 0. The van der Waals surface area contributed by atoms with Gasteiger partial charge in [-0.1, -0.05) is 30.3 Å². The van der Waals surface area contributed by atoms with E-state index in [0.717, 1.165) is 12.0 Å². The van der Waals surface area contributed by atoms with Gasteiger partial charge < -0.3 is 10.4 Å². The van der Waals surface area contributed by atoms with Crippen LogP contribution in [0.2, 0.25) is 0 Å². The lowest BCUT2D eigenvalue weighted by atomic mass is 10.0. The highest BCUT2D eigenvalue weighted by atomic mass is 16.4. The van der Waals surface area contributed by atoms with Gasteiger partial charge in [0.15, 0.2) is 0 Å². The van der Waals surface area contributed by atoms with Gasteiger partial charge in [-0.15, -0.1) is 0 Å². The van der Waals surface area contributed by atoms with Crippen LogP contribution in [0.5, 0.6) is 0 Å². The summed E-state index contributed by atoms with van der Waals surface area (Å²) in [5.41, 5.74) is 1.31. The molecule has 2 aliphatic rings. The Bertz CT molecular complexity index is 522. The number of aliphatic carboxylic acids is 1. The van der Waals surface area contributed by atoms with E-state index in [1.54, 1.807) is 0 Å². The first kappa shape index (κ1) is 13.2. The third kappa shape index (κ3) is 2.69. The molecule has 2 aliphatic carbocycles. The van der Waals surface area contributed by atoms with Crippen LogP contribution in [-0.2, 0) is 9.59 Å². The Morgan fingerprint density at radius 3 is 2.55 bits per heavy atom. The lowest BCUT2D eigenvalue weighted by molar-refractivity contribution is -0.137. The number of hydrogen-bond donors (Lipinski definition) is 2. The van der Waals surface area contributed by atoms with Crippen molar-refractivity contribution in [3.63, 3.8) is 0 Å². The van der Waals surface area contributed by atoms with Crippen LogP contribution in [0.25, 0.3) is 0 Å². The zero-order valence-electron chi connectivity index (χ0n) is 11.3. The molecular formula is C16H19NO3. The highest BCUT2D eigenvalue weighted by Gasteiger charge is 2.65. The van der Waals surface area contributed by atoms with Crippen LogP contribution in [0.3, 0.4) is 0 Å². The maximum atomic E-state index is 12.2. The molecule has 1 aromatic rings. The van der Waals surface area contributed by atoms with Crippen molar-refractivity contribution in [1.82, 2.24) is 5.32 Å². The molecule has 0 bridgehead atoms. The van der Waals surface area contributed by atoms with Crippen molar-refractivity contribution in [2.75, 3.05) is 0 Å². The smallest absolute Gasteiger partial charge is 0.303 e. The molecule has 106 valence electrons.